The number of rotatable bonds is 6. The van der Waals surface area contributed by atoms with Crippen LogP contribution in [0.15, 0.2) is 76.4 Å². The van der Waals surface area contributed by atoms with Crippen molar-refractivity contribution in [2.45, 2.75) is 6.04 Å². The summed E-state index contributed by atoms with van der Waals surface area (Å²) in [4.78, 5) is 28.3. The Bertz CT molecular complexity index is 1610. The fourth-order valence-corrected chi connectivity index (χ4v) is 4.69. The van der Waals surface area contributed by atoms with Crippen molar-refractivity contribution in [1.29, 1.82) is 0 Å². The number of ketones is 1. The standard InChI is InChI=1S/C27H18Cl2FNO6/c1-35-20-7-3-13(10-21(20)36-2)24-23(25(32)22-11-14-9-15(28)4-8-19(14)37-22)26(33)27(34)31(24)16-5-6-18(30)17(29)12-16/h3-12,24,33H,1-2H3. The van der Waals surface area contributed by atoms with Gasteiger partial charge in [0.1, 0.15) is 11.4 Å². The normalized spacial score (nSPS) is 15.5. The lowest BCUT2D eigenvalue weighted by molar-refractivity contribution is -0.117. The van der Waals surface area contributed by atoms with Gasteiger partial charge in [-0.1, -0.05) is 29.3 Å². The maximum atomic E-state index is 13.9. The van der Waals surface area contributed by atoms with Crippen molar-refractivity contribution in [1.82, 2.24) is 0 Å². The summed E-state index contributed by atoms with van der Waals surface area (Å²) in [5.74, 6) is -2.39. The predicted octanol–water partition coefficient (Wildman–Crippen LogP) is 6.68. The number of anilines is 1. The van der Waals surface area contributed by atoms with Crippen LogP contribution in [0, 0.1) is 5.82 Å². The number of carbonyl (C=O) groups is 2. The van der Waals surface area contributed by atoms with Crippen LogP contribution in [-0.2, 0) is 4.79 Å². The molecule has 0 saturated carbocycles. The van der Waals surface area contributed by atoms with Gasteiger partial charge >= 0.3 is 0 Å². The monoisotopic (exact) mass is 541 g/mol. The van der Waals surface area contributed by atoms with E-state index < -0.39 is 29.3 Å². The zero-order chi connectivity index (χ0) is 26.4. The Morgan fingerprint density at radius 1 is 1.00 bits per heavy atom. The number of hydrogen-bond donors (Lipinski definition) is 1. The number of hydrogen-bond acceptors (Lipinski definition) is 6. The highest BCUT2D eigenvalue weighted by Crippen LogP contribution is 2.44. The molecule has 0 bridgehead atoms. The second-order valence-corrected chi connectivity index (χ2v) is 9.02. The fraction of sp³-hybridized carbons (Fsp3) is 0.111. The molecule has 1 aliphatic heterocycles. The van der Waals surface area contributed by atoms with Gasteiger partial charge in [0.2, 0.25) is 5.78 Å². The predicted molar refractivity (Wildman–Crippen MR) is 136 cm³/mol. The third-order valence-electron chi connectivity index (χ3n) is 6.06. The Kier molecular flexibility index (Phi) is 6.31. The van der Waals surface area contributed by atoms with Crippen LogP contribution in [0.4, 0.5) is 10.1 Å². The van der Waals surface area contributed by atoms with Crippen molar-refractivity contribution in [3.05, 3.63) is 99.2 Å². The van der Waals surface area contributed by atoms with Gasteiger partial charge in [0.25, 0.3) is 5.91 Å². The van der Waals surface area contributed by atoms with Crippen LogP contribution in [-0.4, -0.2) is 31.0 Å². The summed E-state index contributed by atoms with van der Waals surface area (Å²) in [5, 5.41) is 11.8. The van der Waals surface area contributed by atoms with Crippen molar-refractivity contribution >= 4 is 51.5 Å². The Balaban J connectivity index is 1.69. The Morgan fingerprint density at radius 3 is 2.46 bits per heavy atom. The van der Waals surface area contributed by atoms with E-state index in [1.54, 1.807) is 36.4 Å². The molecule has 10 heteroatoms. The number of furan rings is 1. The SMILES string of the molecule is COc1ccc(C2C(C(=O)c3cc4cc(Cl)ccc4o3)=C(O)C(=O)N2c2ccc(F)c(Cl)c2)cc1OC. The van der Waals surface area contributed by atoms with Crippen molar-refractivity contribution < 1.29 is 33.0 Å². The van der Waals surface area contributed by atoms with Crippen LogP contribution >= 0.6 is 23.2 Å². The molecule has 7 nitrogen and oxygen atoms in total. The zero-order valence-electron chi connectivity index (χ0n) is 19.4. The molecular formula is C27H18Cl2FNO6. The molecule has 0 saturated heterocycles. The lowest BCUT2D eigenvalue weighted by Gasteiger charge is -2.27. The maximum Gasteiger partial charge on any atom is 0.294 e. The van der Waals surface area contributed by atoms with Crippen molar-refractivity contribution in [2.24, 2.45) is 0 Å². The lowest BCUT2D eigenvalue weighted by atomic mass is 9.94. The van der Waals surface area contributed by atoms with Gasteiger partial charge in [-0.2, -0.15) is 0 Å². The number of aliphatic hydroxyl groups is 1. The number of fused-ring (bicyclic) bond motifs is 1. The highest BCUT2D eigenvalue weighted by atomic mass is 35.5. The largest absolute Gasteiger partial charge is 0.503 e. The van der Waals surface area contributed by atoms with E-state index in [-0.39, 0.29) is 22.0 Å². The summed E-state index contributed by atoms with van der Waals surface area (Å²) in [7, 11) is 2.91. The van der Waals surface area contributed by atoms with E-state index in [1.807, 2.05) is 0 Å². The highest BCUT2D eigenvalue weighted by Gasteiger charge is 2.45. The van der Waals surface area contributed by atoms with E-state index in [9.17, 15) is 19.1 Å². The Morgan fingerprint density at radius 2 is 1.76 bits per heavy atom. The topological polar surface area (TPSA) is 89.2 Å². The summed E-state index contributed by atoms with van der Waals surface area (Å²) >= 11 is 12.0. The molecule has 5 rings (SSSR count). The zero-order valence-corrected chi connectivity index (χ0v) is 20.9. The number of aliphatic hydroxyl groups excluding tert-OH is 1. The van der Waals surface area contributed by atoms with E-state index in [4.69, 9.17) is 37.1 Å². The molecule has 1 amide bonds. The van der Waals surface area contributed by atoms with Crippen molar-refractivity contribution in [2.75, 3.05) is 19.1 Å². The first-order valence-corrected chi connectivity index (χ1v) is 11.7. The fourth-order valence-electron chi connectivity index (χ4n) is 4.34. The van der Waals surface area contributed by atoms with Gasteiger partial charge in [0.15, 0.2) is 23.0 Å². The molecule has 0 aliphatic carbocycles. The summed E-state index contributed by atoms with van der Waals surface area (Å²) in [6.45, 7) is 0. The third-order valence-corrected chi connectivity index (χ3v) is 6.58. The first-order chi connectivity index (χ1) is 17.7. The van der Waals surface area contributed by atoms with E-state index in [1.165, 1.54) is 32.4 Å². The average Bonchev–Trinajstić information content (AvgIpc) is 3.43. The minimum absolute atomic E-state index is 0.101. The summed E-state index contributed by atoms with van der Waals surface area (Å²) in [6.07, 6.45) is 0. The molecule has 0 fully saturated rings. The third kappa shape index (κ3) is 4.18. The van der Waals surface area contributed by atoms with Gasteiger partial charge in [-0.25, -0.2) is 4.39 Å². The molecule has 1 unspecified atom stereocenters. The molecule has 0 radical (unpaired) electrons. The van der Waals surface area contributed by atoms with E-state index in [0.29, 0.717) is 33.1 Å². The minimum Gasteiger partial charge on any atom is -0.503 e. The summed E-state index contributed by atoms with van der Waals surface area (Å²) in [5.41, 5.74) is 0.754. The van der Waals surface area contributed by atoms with E-state index in [0.717, 1.165) is 11.0 Å². The van der Waals surface area contributed by atoms with Crippen molar-refractivity contribution in [3.8, 4) is 11.5 Å². The molecule has 1 aromatic heterocycles. The minimum atomic E-state index is -1.13. The van der Waals surface area contributed by atoms with E-state index in [2.05, 4.69) is 0 Å². The maximum absolute atomic E-state index is 13.9. The highest BCUT2D eigenvalue weighted by molar-refractivity contribution is 6.31. The van der Waals surface area contributed by atoms with Crippen LogP contribution in [0.5, 0.6) is 11.5 Å². The van der Waals surface area contributed by atoms with Crippen LogP contribution in [0.3, 0.4) is 0 Å². The van der Waals surface area contributed by atoms with Crippen LogP contribution < -0.4 is 14.4 Å². The van der Waals surface area contributed by atoms with E-state index >= 15 is 0 Å². The van der Waals surface area contributed by atoms with Gasteiger partial charge < -0.3 is 19.0 Å². The number of benzene rings is 3. The molecule has 0 spiro atoms. The van der Waals surface area contributed by atoms with Gasteiger partial charge in [0, 0.05) is 16.1 Å². The van der Waals surface area contributed by atoms with Crippen LogP contribution in [0.2, 0.25) is 10.0 Å². The number of ether oxygens (including phenoxy) is 2. The molecule has 3 aromatic carbocycles. The lowest BCUT2D eigenvalue weighted by Crippen LogP contribution is -2.31. The average molecular weight is 542 g/mol. The number of Topliss-reactive ketones (excluding diaryl/α,β-unsaturated/α-hetero) is 1. The number of carbonyl (C=O) groups excluding carboxylic acids is 2. The molecule has 2 heterocycles. The quantitative estimate of drug-likeness (QED) is 0.274. The van der Waals surface area contributed by atoms with Gasteiger partial charge in [0.05, 0.1) is 30.9 Å². The Hall–Kier alpha value is -4.01. The molecule has 4 aromatic rings. The molecule has 1 N–H and O–H groups in total. The molecule has 1 aliphatic rings. The molecule has 1 atom stereocenters. The van der Waals surface area contributed by atoms with Gasteiger partial charge in [-0.05, 0) is 60.2 Å². The molecule has 188 valence electrons. The summed E-state index contributed by atoms with van der Waals surface area (Å²) < 4.78 is 30.3. The number of halogens is 3. The Labute approximate surface area is 220 Å². The van der Waals surface area contributed by atoms with Gasteiger partial charge in [-0.15, -0.1) is 0 Å². The number of amides is 1. The smallest absolute Gasteiger partial charge is 0.294 e. The van der Waals surface area contributed by atoms with Crippen molar-refractivity contribution in [3.63, 3.8) is 0 Å². The first kappa shape index (κ1) is 24.7. The number of methoxy groups -OCH3 is 2. The second-order valence-electron chi connectivity index (χ2n) is 8.17. The first-order valence-electron chi connectivity index (χ1n) is 10.9. The number of nitrogens with zero attached hydrogens (tertiary/aromatic N) is 1. The molecule has 37 heavy (non-hydrogen) atoms. The van der Waals surface area contributed by atoms with Crippen LogP contribution in [0.25, 0.3) is 11.0 Å². The molecular weight excluding hydrogens is 524 g/mol. The van der Waals surface area contributed by atoms with Crippen LogP contribution in [0.1, 0.15) is 22.2 Å². The summed E-state index contributed by atoms with van der Waals surface area (Å²) in [6, 6.07) is 13.7. The second kappa shape index (κ2) is 9.46. The van der Waals surface area contributed by atoms with Gasteiger partial charge in [-0.3, -0.25) is 14.5 Å².